The van der Waals surface area contributed by atoms with Gasteiger partial charge in [-0.25, -0.2) is 4.79 Å². The maximum absolute atomic E-state index is 12.1. The fourth-order valence-electron chi connectivity index (χ4n) is 1.58. The second kappa shape index (κ2) is 8.41. The van der Waals surface area contributed by atoms with Crippen molar-refractivity contribution in [3.63, 3.8) is 0 Å². The molecule has 0 aliphatic heterocycles. The van der Waals surface area contributed by atoms with Crippen molar-refractivity contribution in [2.75, 3.05) is 6.54 Å². The number of rotatable bonds is 7. The lowest BCUT2D eigenvalue weighted by Crippen LogP contribution is -2.42. The van der Waals surface area contributed by atoms with E-state index in [0.717, 1.165) is 6.42 Å². The van der Waals surface area contributed by atoms with Crippen molar-refractivity contribution in [1.29, 1.82) is 0 Å². The maximum Gasteiger partial charge on any atom is 0.387 e. The Balaban J connectivity index is 2.51. The zero-order valence-corrected chi connectivity index (χ0v) is 12.0. The topological polar surface area (TPSA) is 70.6 Å². The molecule has 0 radical (unpaired) electrons. The van der Waals surface area contributed by atoms with Crippen molar-refractivity contribution in [2.24, 2.45) is 0 Å². The molecule has 0 bridgehead atoms. The Hall–Kier alpha value is -1.89. The van der Waals surface area contributed by atoms with Gasteiger partial charge in [-0.05, 0) is 31.0 Å². The molecule has 0 aromatic heterocycles. The monoisotopic (exact) mass is 302 g/mol. The number of amides is 2. The van der Waals surface area contributed by atoms with Gasteiger partial charge in [-0.1, -0.05) is 19.1 Å². The van der Waals surface area contributed by atoms with E-state index in [4.69, 9.17) is 0 Å². The summed E-state index contributed by atoms with van der Waals surface area (Å²) in [6, 6.07) is 5.39. The fraction of sp³-hybridized carbons (Fsp3) is 0.500. The molecule has 2 amide bonds. The minimum atomic E-state index is -2.92. The molecular formula is C14H20F2N2O3. The molecule has 2 unspecified atom stereocenters. The Morgan fingerprint density at radius 3 is 2.76 bits per heavy atom. The van der Waals surface area contributed by atoms with Crippen LogP contribution in [0.3, 0.4) is 0 Å². The molecule has 1 aromatic rings. The first-order valence-corrected chi connectivity index (χ1v) is 6.69. The highest BCUT2D eigenvalue weighted by atomic mass is 19.3. The molecule has 0 aliphatic carbocycles. The van der Waals surface area contributed by atoms with Gasteiger partial charge in [-0.3, -0.25) is 0 Å². The van der Waals surface area contributed by atoms with Crippen molar-refractivity contribution >= 4 is 6.03 Å². The number of carbonyl (C=O) groups excluding carboxylic acids is 1. The van der Waals surface area contributed by atoms with Gasteiger partial charge in [-0.2, -0.15) is 8.78 Å². The molecule has 118 valence electrons. The molecule has 0 aliphatic rings. The average molecular weight is 302 g/mol. The Bertz CT molecular complexity index is 458. The number of aliphatic hydroxyl groups excluding tert-OH is 1. The van der Waals surface area contributed by atoms with Gasteiger partial charge in [0.15, 0.2) is 0 Å². The van der Waals surface area contributed by atoms with Crippen LogP contribution in [0.15, 0.2) is 24.3 Å². The number of aliphatic hydroxyl groups is 1. The largest absolute Gasteiger partial charge is 0.435 e. The third kappa shape index (κ3) is 6.40. The average Bonchev–Trinajstić information content (AvgIpc) is 2.44. The van der Waals surface area contributed by atoms with E-state index >= 15 is 0 Å². The minimum absolute atomic E-state index is 0.0274. The van der Waals surface area contributed by atoms with Crippen LogP contribution in [-0.2, 0) is 0 Å². The quantitative estimate of drug-likeness (QED) is 0.724. The molecule has 21 heavy (non-hydrogen) atoms. The summed E-state index contributed by atoms with van der Waals surface area (Å²) in [5.41, 5.74) is 0.386. The minimum Gasteiger partial charge on any atom is -0.435 e. The SMILES string of the molecule is CCC(C)NC(=O)NCC(O)c1cccc(OC(F)F)c1. The van der Waals surface area contributed by atoms with E-state index in [2.05, 4.69) is 15.4 Å². The molecule has 1 rings (SSSR count). The highest BCUT2D eigenvalue weighted by molar-refractivity contribution is 5.74. The third-order valence-corrected chi connectivity index (χ3v) is 2.91. The van der Waals surface area contributed by atoms with Gasteiger partial charge in [0.05, 0.1) is 6.10 Å². The zero-order valence-electron chi connectivity index (χ0n) is 12.0. The molecule has 0 heterocycles. The van der Waals surface area contributed by atoms with Crippen LogP contribution in [0.2, 0.25) is 0 Å². The van der Waals surface area contributed by atoms with Crippen LogP contribution in [0.4, 0.5) is 13.6 Å². The summed E-state index contributed by atoms with van der Waals surface area (Å²) in [5.74, 6) is -0.0365. The Morgan fingerprint density at radius 1 is 1.43 bits per heavy atom. The Morgan fingerprint density at radius 2 is 2.14 bits per heavy atom. The fourth-order valence-corrected chi connectivity index (χ4v) is 1.58. The Labute approximate surface area is 122 Å². The number of ether oxygens (including phenoxy) is 1. The number of carbonyl (C=O) groups is 1. The molecule has 5 nitrogen and oxygen atoms in total. The van der Waals surface area contributed by atoms with E-state index in [9.17, 15) is 18.7 Å². The third-order valence-electron chi connectivity index (χ3n) is 2.91. The summed E-state index contributed by atoms with van der Waals surface area (Å²) in [5, 5.41) is 15.1. The molecule has 0 saturated carbocycles. The molecule has 3 N–H and O–H groups in total. The van der Waals surface area contributed by atoms with Gasteiger partial charge in [0.2, 0.25) is 0 Å². The zero-order chi connectivity index (χ0) is 15.8. The number of alkyl halides is 2. The normalized spacial score (nSPS) is 13.6. The van der Waals surface area contributed by atoms with Crippen molar-refractivity contribution in [3.05, 3.63) is 29.8 Å². The van der Waals surface area contributed by atoms with Gasteiger partial charge in [0.25, 0.3) is 0 Å². The lowest BCUT2D eigenvalue weighted by atomic mass is 10.1. The molecule has 2 atom stereocenters. The van der Waals surface area contributed by atoms with E-state index in [0.29, 0.717) is 5.56 Å². The number of nitrogens with one attached hydrogen (secondary N) is 2. The van der Waals surface area contributed by atoms with Crippen LogP contribution in [0, 0.1) is 0 Å². The summed E-state index contributed by atoms with van der Waals surface area (Å²) in [6.45, 7) is 0.854. The molecule has 0 fully saturated rings. The summed E-state index contributed by atoms with van der Waals surface area (Å²) in [4.78, 5) is 11.5. The van der Waals surface area contributed by atoms with Gasteiger partial charge >= 0.3 is 12.6 Å². The van der Waals surface area contributed by atoms with Crippen LogP contribution in [0.25, 0.3) is 0 Å². The molecule has 1 aromatic carbocycles. The van der Waals surface area contributed by atoms with E-state index < -0.39 is 12.7 Å². The summed E-state index contributed by atoms with van der Waals surface area (Å²) in [6.07, 6.45) is -0.211. The summed E-state index contributed by atoms with van der Waals surface area (Å²) >= 11 is 0. The van der Waals surface area contributed by atoms with Crippen molar-refractivity contribution < 1.29 is 23.4 Å². The van der Waals surface area contributed by atoms with Crippen molar-refractivity contribution in [3.8, 4) is 5.75 Å². The number of hydrogen-bond donors (Lipinski definition) is 3. The van der Waals surface area contributed by atoms with Gasteiger partial charge in [0.1, 0.15) is 5.75 Å². The number of urea groups is 1. The van der Waals surface area contributed by atoms with Crippen LogP contribution >= 0.6 is 0 Å². The first-order valence-electron chi connectivity index (χ1n) is 6.69. The number of halogens is 2. The molecule has 7 heteroatoms. The molecule has 0 spiro atoms. The number of hydrogen-bond acceptors (Lipinski definition) is 3. The Kier molecular flexibility index (Phi) is 6.87. The molecular weight excluding hydrogens is 282 g/mol. The second-order valence-electron chi connectivity index (χ2n) is 4.63. The lowest BCUT2D eigenvalue weighted by molar-refractivity contribution is -0.0499. The predicted octanol–water partition coefficient (Wildman–Crippen LogP) is 2.42. The summed E-state index contributed by atoms with van der Waals surface area (Å²) in [7, 11) is 0. The predicted molar refractivity (Wildman–Crippen MR) is 74.3 cm³/mol. The van der Waals surface area contributed by atoms with Crippen molar-refractivity contribution in [1.82, 2.24) is 10.6 Å². The summed E-state index contributed by atoms with van der Waals surface area (Å²) < 4.78 is 28.5. The van der Waals surface area contributed by atoms with Crippen molar-refractivity contribution in [2.45, 2.75) is 39.0 Å². The molecule has 0 saturated heterocycles. The smallest absolute Gasteiger partial charge is 0.387 e. The maximum atomic E-state index is 12.1. The lowest BCUT2D eigenvalue weighted by Gasteiger charge is -2.16. The van der Waals surface area contributed by atoms with Crippen LogP contribution in [-0.4, -0.2) is 30.3 Å². The second-order valence-corrected chi connectivity index (χ2v) is 4.63. The van der Waals surface area contributed by atoms with Gasteiger partial charge in [-0.15, -0.1) is 0 Å². The van der Waals surface area contributed by atoms with Gasteiger partial charge in [0, 0.05) is 12.6 Å². The highest BCUT2D eigenvalue weighted by Gasteiger charge is 2.12. The number of benzene rings is 1. The van der Waals surface area contributed by atoms with Crippen LogP contribution < -0.4 is 15.4 Å². The first-order chi connectivity index (χ1) is 9.92. The highest BCUT2D eigenvalue weighted by Crippen LogP contribution is 2.20. The van der Waals surface area contributed by atoms with E-state index in [1.807, 2.05) is 13.8 Å². The first kappa shape index (κ1) is 17.2. The van der Waals surface area contributed by atoms with Gasteiger partial charge < -0.3 is 20.5 Å². The van der Waals surface area contributed by atoms with E-state index in [1.54, 1.807) is 6.07 Å². The van der Waals surface area contributed by atoms with Crippen LogP contribution in [0.1, 0.15) is 31.9 Å². The van der Waals surface area contributed by atoms with E-state index in [1.165, 1.54) is 18.2 Å². The van der Waals surface area contributed by atoms with Crippen LogP contribution in [0.5, 0.6) is 5.75 Å². The standard InChI is InChI=1S/C14H20F2N2O3/c1-3-9(2)18-14(20)17-8-12(19)10-5-4-6-11(7-10)21-13(15)16/h4-7,9,12-13,19H,3,8H2,1-2H3,(H2,17,18,20). The van der Waals surface area contributed by atoms with E-state index in [-0.39, 0.29) is 24.4 Å².